The largest absolute Gasteiger partial charge is 0.299 e. The van der Waals surface area contributed by atoms with E-state index in [1.165, 1.54) is 0 Å². The first-order valence-electron chi connectivity index (χ1n) is 7.03. The van der Waals surface area contributed by atoms with Crippen LogP contribution in [0.15, 0.2) is 23.1 Å². The SMILES string of the molecule is CCN1CCC[C@H]1CNS(=O)(=O)c1c(F)cccc1[N+](=O)[O-]. The molecule has 1 N–H and O–H groups in total. The highest BCUT2D eigenvalue weighted by molar-refractivity contribution is 7.89. The smallest absolute Gasteiger partial charge is 0.292 e. The van der Waals surface area contributed by atoms with Crippen molar-refractivity contribution in [2.75, 3.05) is 19.6 Å². The molecule has 0 unspecified atom stereocenters. The van der Waals surface area contributed by atoms with Crippen molar-refractivity contribution in [2.45, 2.75) is 30.7 Å². The van der Waals surface area contributed by atoms with Crippen molar-refractivity contribution >= 4 is 15.7 Å². The van der Waals surface area contributed by atoms with Gasteiger partial charge in [0.1, 0.15) is 5.82 Å². The van der Waals surface area contributed by atoms with E-state index in [0.717, 1.165) is 44.1 Å². The van der Waals surface area contributed by atoms with Crippen molar-refractivity contribution in [1.82, 2.24) is 9.62 Å². The topological polar surface area (TPSA) is 92.6 Å². The molecular formula is C13H18FN3O4S. The summed E-state index contributed by atoms with van der Waals surface area (Å²) in [5.74, 6) is -1.12. The van der Waals surface area contributed by atoms with Gasteiger partial charge in [0.05, 0.1) is 4.92 Å². The lowest BCUT2D eigenvalue weighted by Crippen LogP contribution is -2.40. The Balaban J connectivity index is 2.22. The lowest BCUT2D eigenvalue weighted by atomic mass is 10.2. The van der Waals surface area contributed by atoms with E-state index in [9.17, 15) is 22.9 Å². The number of sulfonamides is 1. The van der Waals surface area contributed by atoms with Gasteiger partial charge in [-0.15, -0.1) is 0 Å². The third-order valence-electron chi connectivity index (χ3n) is 3.83. The molecule has 7 nitrogen and oxygen atoms in total. The summed E-state index contributed by atoms with van der Waals surface area (Å²) in [7, 11) is -4.28. The summed E-state index contributed by atoms with van der Waals surface area (Å²) in [5.41, 5.74) is -0.758. The number of nitro groups is 1. The third-order valence-corrected chi connectivity index (χ3v) is 5.31. The van der Waals surface area contributed by atoms with E-state index in [0.29, 0.717) is 0 Å². The molecule has 1 atom stereocenters. The highest BCUT2D eigenvalue weighted by Gasteiger charge is 2.31. The number of likely N-dealkylation sites (N-methyl/N-ethyl adjacent to an activating group) is 1. The molecule has 1 aromatic carbocycles. The minimum atomic E-state index is -4.28. The van der Waals surface area contributed by atoms with Crippen molar-refractivity contribution in [1.29, 1.82) is 0 Å². The fraction of sp³-hybridized carbons (Fsp3) is 0.538. The number of nitrogens with one attached hydrogen (secondary N) is 1. The zero-order valence-electron chi connectivity index (χ0n) is 12.2. The van der Waals surface area contributed by atoms with E-state index in [-0.39, 0.29) is 12.6 Å². The second-order valence-electron chi connectivity index (χ2n) is 5.12. The Morgan fingerprint density at radius 3 is 2.86 bits per heavy atom. The van der Waals surface area contributed by atoms with Gasteiger partial charge in [-0.3, -0.25) is 15.0 Å². The number of halogens is 1. The van der Waals surface area contributed by atoms with E-state index in [1.807, 2.05) is 6.92 Å². The van der Waals surface area contributed by atoms with Gasteiger partial charge in [-0.05, 0) is 32.0 Å². The maximum Gasteiger partial charge on any atom is 0.292 e. The van der Waals surface area contributed by atoms with Crippen molar-refractivity contribution in [3.63, 3.8) is 0 Å². The molecule has 0 radical (unpaired) electrons. The molecule has 0 aromatic heterocycles. The second kappa shape index (κ2) is 6.67. The summed E-state index contributed by atoms with van der Waals surface area (Å²) in [6.07, 6.45) is 1.82. The van der Waals surface area contributed by atoms with Gasteiger partial charge in [0.25, 0.3) is 5.69 Å². The van der Waals surface area contributed by atoms with E-state index in [4.69, 9.17) is 0 Å². The summed E-state index contributed by atoms with van der Waals surface area (Å²) < 4.78 is 40.6. The Hall–Kier alpha value is -1.58. The standard InChI is InChI=1S/C13H18FN3O4S/c1-2-16-8-4-5-10(16)9-15-22(20,21)13-11(14)6-3-7-12(13)17(18)19/h3,6-7,10,15H,2,4-5,8-9H2,1H3/t10-/m0/s1. The Bertz CT molecular complexity index is 665. The quantitative estimate of drug-likeness (QED) is 0.630. The molecule has 0 bridgehead atoms. The average Bonchev–Trinajstić information content (AvgIpc) is 2.92. The lowest BCUT2D eigenvalue weighted by Gasteiger charge is -2.22. The molecular weight excluding hydrogens is 313 g/mol. The van der Waals surface area contributed by atoms with Gasteiger partial charge in [0, 0.05) is 18.7 Å². The first kappa shape index (κ1) is 16.8. The highest BCUT2D eigenvalue weighted by atomic mass is 32.2. The van der Waals surface area contributed by atoms with Gasteiger partial charge in [-0.1, -0.05) is 13.0 Å². The van der Waals surface area contributed by atoms with Crippen LogP contribution in [-0.4, -0.2) is 43.9 Å². The summed E-state index contributed by atoms with van der Waals surface area (Å²) in [4.78, 5) is 11.2. The minimum absolute atomic E-state index is 0.0330. The molecule has 0 aliphatic carbocycles. The average molecular weight is 331 g/mol. The molecule has 1 saturated heterocycles. The van der Waals surface area contributed by atoms with Gasteiger partial charge in [0.15, 0.2) is 4.90 Å². The molecule has 22 heavy (non-hydrogen) atoms. The van der Waals surface area contributed by atoms with Crippen molar-refractivity contribution in [3.05, 3.63) is 34.1 Å². The molecule has 0 saturated carbocycles. The molecule has 1 fully saturated rings. The van der Waals surface area contributed by atoms with Crippen molar-refractivity contribution in [3.8, 4) is 0 Å². The zero-order valence-corrected chi connectivity index (χ0v) is 13.0. The molecule has 122 valence electrons. The van der Waals surface area contributed by atoms with Crippen LogP contribution >= 0.6 is 0 Å². The lowest BCUT2D eigenvalue weighted by molar-refractivity contribution is -0.388. The van der Waals surface area contributed by atoms with Gasteiger partial charge in [-0.25, -0.2) is 17.5 Å². The Kier molecular flexibility index (Phi) is 5.09. The molecule has 1 aromatic rings. The number of benzene rings is 1. The minimum Gasteiger partial charge on any atom is -0.299 e. The predicted molar refractivity (Wildman–Crippen MR) is 78.5 cm³/mol. The van der Waals surface area contributed by atoms with Crippen LogP contribution in [0.25, 0.3) is 0 Å². The molecule has 1 aliphatic heterocycles. The summed E-state index contributed by atoms with van der Waals surface area (Å²) in [5, 5.41) is 10.9. The van der Waals surface area contributed by atoms with Crippen LogP contribution in [-0.2, 0) is 10.0 Å². The van der Waals surface area contributed by atoms with Crippen LogP contribution in [0.2, 0.25) is 0 Å². The van der Waals surface area contributed by atoms with Crippen LogP contribution in [0.4, 0.5) is 10.1 Å². The summed E-state index contributed by atoms with van der Waals surface area (Å²) in [6.45, 7) is 3.78. The third kappa shape index (κ3) is 3.42. The zero-order chi connectivity index (χ0) is 16.3. The normalized spacial score (nSPS) is 19.5. The van der Waals surface area contributed by atoms with Crippen LogP contribution in [0.3, 0.4) is 0 Å². The number of hydrogen-bond acceptors (Lipinski definition) is 5. The van der Waals surface area contributed by atoms with E-state index < -0.39 is 31.3 Å². The first-order chi connectivity index (χ1) is 10.4. The monoisotopic (exact) mass is 331 g/mol. The van der Waals surface area contributed by atoms with Crippen molar-refractivity contribution < 1.29 is 17.7 Å². The van der Waals surface area contributed by atoms with Crippen LogP contribution in [0.5, 0.6) is 0 Å². The maximum absolute atomic E-state index is 13.8. The van der Waals surface area contributed by atoms with Crippen LogP contribution in [0.1, 0.15) is 19.8 Å². The number of likely N-dealkylation sites (tertiary alicyclic amines) is 1. The molecule has 1 heterocycles. The van der Waals surface area contributed by atoms with E-state index in [1.54, 1.807) is 0 Å². The summed E-state index contributed by atoms with van der Waals surface area (Å²) >= 11 is 0. The Morgan fingerprint density at radius 2 is 2.23 bits per heavy atom. The van der Waals surface area contributed by atoms with E-state index >= 15 is 0 Å². The first-order valence-corrected chi connectivity index (χ1v) is 8.51. The molecule has 2 rings (SSSR count). The van der Waals surface area contributed by atoms with Gasteiger partial charge in [0.2, 0.25) is 10.0 Å². The number of nitrogens with zero attached hydrogens (tertiary/aromatic N) is 2. The number of hydrogen-bond donors (Lipinski definition) is 1. The number of nitro benzene ring substituents is 1. The van der Waals surface area contributed by atoms with Gasteiger partial charge >= 0.3 is 0 Å². The van der Waals surface area contributed by atoms with Gasteiger partial charge in [-0.2, -0.15) is 0 Å². The highest BCUT2D eigenvalue weighted by Crippen LogP contribution is 2.26. The molecule has 0 amide bonds. The number of rotatable bonds is 6. The molecule has 9 heteroatoms. The Labute approximate surface area is 128 Å². The van der Waals surface area contributed by atoms with Crippen LogP contribution < -0.4 is 4.72 Å². The molecule has 0 spiro atoms. The van der Waals surface area contributed by atoms with Crippen molar-refractivity contribution in [2.24, 2.45) is 0 Å². The predicted octanol–water partition coefficient (Wildman–Crippen LogP) is 1.50. The fourth-order valence-electron chi connectivity index (χ4n) is 2.73. The maximum atomic E-state index is 13.8. The molecule has 1 aliphatic rings. The van der Waals surface area contributed by atoms with Gasteiger partial charge < -0.3 is 0 Å². The second-order valence-corrected chi connectivity index (χ2v) is 6.83. The fourth-order valence-corrected chi connectivity index (χ4v) is 4.03. The summed E-state index contributed by atoms with van der Waals surface area (Å²) in [6, 6.07) is 3.02. The van der Waals surface area contributed by atoms with E-state index in [2.05, 4.69) is 9.62 Å². The van der Waals surface area contributed by atoms with Crippen LogP contribution in [0, 0.1) is 15.9 Å². The Morgan fingerprint density at radius 1 is 1.50 bits per heavy atom.